The van der Waals surface area contributed by atoms with Crippen molar-refractivity contribution >= 4 is 44.1 Å². The summed E-state index contributed by atoms with van der Waals surface area (Å²) >= 11 is 1.50. The minimum Gasteiger partial charge on any atom is -0.460 e. The van der Waals surface area contributed by atoms with E-state index in [-0.39, 0.29) is 34.1 Å². The molecule has 0 fully saturated rings. The van der Waals surface area contributed by atoms with Gasteiger partial charge in [-0.3, -0.25) is 4.79 Å². The topological polar surface area (TPSA) is 152 Å². The number of rotatable bonds is 6. The van der Waals surface area contributed by atoms with Gasteiger partial charge in [0.15, 0.2) is 5.65 Å². The van der Waals surface area contributed by atoms with E-state index in [1.54, 1.807) is 6.92 Å². The minimum absolute atomic E-state index is 0.00116. The van der Waals surface area contributed by atoms with Crippen LogP contribution in [-0.2, 0) is 14.8 Å². The van der Waals surface area contributed by atoms with Crippen molar-refractivity contribution in [3.05, 3.63) is 94.4 Å². The summed E-state index contributed by atoms with van der Waals surface area (Å²) in [4.78, 5) is 37.3. The number of hydrogen-bond acceptors (Lipinski definition) is 9. The molecule has 0 atom stereocenters. The third kappa shape index (κ3) is 4.35. The zero-order valence-electron chi connectivity index (χ0n) is 20.9. The Morgan fingerprint density at radius 3 is 2.42 bits per heavy atom. The van der Waals surface area contributed by atoms with Crippen molar-refractivity contribution in [2.24, 2.45) is 5.14 Å². The van der Waals surface area contributed by atoms with Gasteiger partial charge in [-0.05, 0) is 54.3 Å². The number of primary sulfonamides is 1. The second-order valence-electron chi connectivity index (χ2n) is 8.64. The van der Waals surface area contributed by atoms with Gasteiger partial charge >= 0.3 is 5.97 Å². The van der Waals surface area contributed by atoms with Crippen LogP contribution in [0.3, 0.4) is 0 Å². The van der Waals surface area contributed by atoms with E-state index in [1.165, 1.54) is 40.3 Å². The number of carbonyl (C=O) groups is 1. The van der Waals surface area contributed by atoms with Gasteiger partial charge in [-0.15, -0.1) is 16.4 Å². The monoisotopic (exact) mass is 572 g/mol. The number of hydrogen-bond donors (Lipinski definition) is 1. The molecule has 4 aromatic heterocycles. The number of pyridine rings is 1. The first kappa shape index (κ1) is 25.6. The summed E-state index contributed by atoms with van der Waals surface area (Å²) in [6, 6.07) is 20.5. The molecule has 13 heteroatoms. The molecule has 6 aromatic rings. The number of aromatic nitrogens is 5. The maximum atomic E-state index is 14.2. The van der Waals surface area contributed by atoms with Gasteiger partial charge in [-0.25, -0.2) is 27.7 Å². The second kappa shape index (κ2) is 9.79. The van der Waals surface area contributed by atoms with Crippen LogP contribution in [0.5, 0.6) is 0 Å². The highest BCUT2D eigenvalue weighted by molar-refractivity contribution is 7.89. The lowest BCUT2D eigenvalue weighted by molar-refractivity contribution is 0.0509. The predicted octanol–water partition coefficient (Wildman–Crippen LogP) is 3.65. The lowest BCUT2D eigenvalue weighted by Gasteiger charge is -2.10. The van der Waals surface area contributed by atoms with Crippen LogP contribution >= 0.6 is 11.3 Å². The molecule has 0 aliphatic rings. The number of nitrogens with two attached hydrogens (primary N) is 1. The largest absolute Gasteiger partial charge is 0.460 e. The highest BCUT2D eigenvalue weighted by Gasteiger charge is 2.25. The molecular formula is C27H20N6O5S2. The fourth-order valence-electron chi connectivity index (χ4n) is 4.36. The first-order valence-corrected chi connectivity index (χ1v) is 14.4. The average Bonchev–Trinajstić information content (AvgIpc) is 3.62. The maximum absolute atomic E-state index is 14.2. The Balaban J connectivity index is 1.71. The standard InChI is InChI=1S/C27H20N6O5S2/c1-2-38-26(35)24-31-33(17-10-12-18(13-11-17)40(28,36)37)27-30-23-22(25(34)32(24)27)19(16-7-4-3-5-8-16)15-20(29-23)21-9-6-14-39-21/h3-15H,2H2,1H3,(H2,28,36,37). The summed E-state index contributed by atoms with van der Waals surface area (Å²) < 4.78 is 31.1. The van der Waals surface area contributed by atoms with E-state index < -0.39 is 21.6 Å². The van der Waals surface area contributed by atoms with Gasteiger partial charge < -0.3 is 4.74 Å². The molecule has 2 aromatic carbocycles. The zero-order chi connectivity index (χ0) is 28.0. The molecule has 6 rings (SSSR count). The molecule has 0 amide bonds. The van der Waals surface area contributed by atoms with Gasteiger partial charge in [0.05, 0.1) is 33.1 Å². The van der Waals surface area contributed by atoms with E-state index in [9.17, 15) is 18.0 Å². The van der Waals surface area contributed by atoms with E-state index >= 15 is 0 Å². The van der Waals surface area contributed by atoms with E-state index in [4.69, 9.17) is 19.8 Å². The van der Waals surface area contributed by atoms with Gasteiger partial charge in [0.25, 0.3) is 5.56 Å². The number of nitrogens with zero attached hydrogens (tertiary/aromatic N) is 5. The number of fused-ring (bicyclic) bond motifs is 2. The Bertz CT molecular complexity index is 2070. The molecule has 2 N–H and O–H groups in total. The molecule has 40 heavy (non-hydrogen) atoms. The lowest BCUT2D eigenvalue weighted by atomic mass is 10.0. The summed E-state index contributed by atoms with van der Waals surface area (Å²) in [7, 11) is -3.94. The van der Waals surface area contributed by atoms with Gasteiger partial charge in [-0.2, -0.15) is 9.67 Å². The molecule has 0 spiro atoms. The molecule has 0 radical (unpaired) electrons. The van der Waals surface area contributed by atoms with Crippen molar-refractivity contribution < 1.29 is 17.9 Å². The van der Waals surface area contributed by atoms with E-state index in [2.05, 4.69) is 5.10 Å². The number of thiophene rings is 1. The summed E-state index contributed by atoms with van der Waals surface area (Å²) in [6.07, 6.45) is 0. The average molecular weight is 573 g/mol. The molecule has 0 saturated heterocycles. The van der Waals surface area contributed by atoms with Crippen molar-refractivity contribution in [2.75, 3.05) is 6.61 Å². The first-order chi connectivity index (χ1) is 19.3. The summed E-state index contributed by atoms with van der Waals surface area (Å²) in [5.74, 6) is -1.10. The maximum Gasteiger partial charge on any atom is 0.376 e. The molecule has 0 unspecified atom stereocenters. The Labute approximate surface area is 231 Å². The van der Waals surface area contributed by atoms with E-state index in [0.717, 1.165) is 14.8 Å². The Kier molecular flexibility index (Phi) is 6.25. The highest BCUT2D eigenvalue weighted by Crippen LogP contribution is 2.32. The third-order valence-corrected chi connectivity index (χ3v) is 7.97. The molecule has 200 valence electrons. The number of carbonyl (C=O) groups excluding carboxylic acids is 1. The van der Waals surface area contributed by atoms with Crippen LogP contribution < -0.4 is 10.7 Å². The van der Waals surface area contributed by atoms with Crippen LogP contribution in [0.4, 0.5) is 0 Å². The second-order valence-corrected chi connectivity index (χ2v) is 11.2. The van der Waals surface area contributed by atoms with Gasteiger partial charge in [0.2, 0.25) is 21.6 Å². The van der Waals surface area contributed by atoms with Gasteiger partial charge in [0.1, 0.15) is 0 Å². The molecule has 4 heterocycles. The molecule has 0 aliphatic carbocycles. The SMILES string of the molecule is CCOC(=O)c1nn(-c2ccc(S(N)(=O)=O)cc2)c2nc3nc(-c4cccs4)cc(-c4ccccc4)c3c(=O)n12. The summed E-state index contributed by atoms with van der Waals surface area (Å²) in [5, 5.41) is 11.7. The Hall–Kier alpha value is -4.72. The zero-order valence-corrected chi connectivity index (χ0v) is 22.5. The van der Waals surface area contributed by atoms with Gasteiger partial charge in [-0.1, -0.05) is 36.4 Å². The first-order valence-electron chi connectivity index (χ1n) is 12.0. The molecule has 0 aliphatic heterocycles. The molecule has 0 bridgehead atoms. The molecular weight excluding hydrogens is 552 g/mol. The van der Waals surface area contributed by atoms with Crippen LogP contribution in [0.2, 0.25) is 0 Å². The lowest BCUT2D eigenvalue weighted by Crippen LogP contribution is -2.21. The number of ether oxygens (including phenoxy) is 1. The summed E-state index contributed by atoms with van der Waals surface area (Å²) in [6.45, 7) is 1.70. The van der Waals surface area contributed by atoms with E-state index in [1.807, 2.05) is 53.9 Å². The quantitative estimate of drug-likeness (QED) is 0.297. The number of benzene rings is 2. The third-order valence-electron chi connectivity index (χ3n) is 6.15. The fraction of sp³-hybridized carbons (Fsp3) is 0.0741. The Morgan fingerprint density at radius 1 is 1.02 bits per heavy atom. The van der Waals surface area contributed by atoms with Crippen molar-refractivity contribution in [3.63, 3.8) is 0 Å². The van der Waals surface area contributed by atoms with Crippen LogP contribution in [0.15, 0.2) is 87.9 Å². The predicted molar refractivity (Wildman–Crippen MR) is 150 cm³/mol. The van der Waals surface area contributed by atoms with Gasteiger partial charge in [0, 0.05) is 5.56 Å². The van der Waals surface area contributed by atoms with Crippen LogP contribution in [-0.4, -0.2) is 45.1 Å². The van der Waals surface area contributed by atoms with Crippen molar-refractivity contribution in [2.45, 2.75) is 11.8 Å². The van der Waals surface area contributed by atoms with Crippen LogP contribution in [0, 0.1) is 0 Å². The van der Waals surface area contributed by atoms with Crippen molar-refractivity contribution in [1.29, 1.82) is 0 Å². The summed E-state index contributed by atoms with van der Waals surface area (Å²) in [5.41, 5.74) is 1.94. The minimum atomic E-state index is -3.94. The van der Waals surface area contributed by atoms with Crippen molar-refractivity contribution in [1.82, 2.24) is 24.1 Å². The number of esters is 1. The van der Waals surface area contributed by atoms with E-state index in [0.29, 0.717) is 16.9 Å². The Morgan fingerprint density at radius 2 is 1.77 bits per heavy atom. The van der Waals surface area contributed by atoms with Crippen LogP contribution in [0.1, 0.15) is 17.5 Å². The number of sulfonamides is 1. The smallest absolute Gasteiger partial charge is 0.376 e. The molecule has 0 saturated carbocycles. The molecule has 11 nitrogen and oxygen atoms in total. The normalized spacial score (nSPS) is 11.8. The van der Waals surface area contributed by atoms with Crippen LogP contribution in [0.25, 0.3) is 44.2 Å². The highest BCUT2D eigenvalue weighted by atomic mass is 32.2. The fourth-order valence-corrected chi connectivity index (χ4v) is 5.56. The van der Waals surface area contributed by atoms with Crippen molar-refractivity contribution in [3.8, 4) is 27.4 Å².